The van der Waals surface area contributed by atoms with Crippen molar-refractivity contribution in [3.63, 3.8) is 0 Å². The fraction of sp³-hybridized carbons (Fsp3) is 0.360. The number of aryl methyl sites for hydroxylation is 1. The largest absolute Gasteiger partial charge is 0.353 e. The van der Waals surface area contributed by atoms with Crippen LogP contribution in [0.15, 0.2) is 41.4 Å². The van der Waals surface area contributed by atoms with Gasteiger partial charge in [0.2, 0.25) is 17.5 Å². The first-order valence-corrected chi connectivity index (χ1v) is 11.3. The van der Waals surface area contributed by atoms with Crippen molar-refractivity contribution < 1.29 is 13.7 Å². The number of carbonyl (C=O) groups excluding carboxylic acids is 1. The highest BCUT2D eigenvalue weighted by atomic mass is 19.1. The number of hydrogen-bond acceptors (Lipinski definition) is 8. The SMILES string of the molecule is Cc1c([C@@H](C)CC(=O)c2cc(C(C)(C)C)no2)ccc(-c2ncnc(Nc3cnn(C)c3)n2)c1F. The second-order valence-electron chi connectivity index (χ2n) is 9.66. The van der Waals surface area contributed by atoms with Crippen molar-refractivity contribution in [1.82, 2.24) is 29.9 Å². The van der Waals surface area contributed by atoms with Crippen LogP contribution in [0.2, 0.25) is 0 Å². The van der Waals surface area contributed by atoms with Crippen LogP contribution in [0.25, 0.3) is 11.4 Å². The summed E-state index contributed by atoms with van der Waals surface area (Å²) in [6.07, 6.45) is 4.90. The van der Waals surface area contributed by atoms with Crippen molar-refractivity contribution in [3.05, 3.63) is 65.3 Å². The van der Waals surface area contributed by atoms with Crippen LogP contribution in [-0.2, 0) is 12.5 Å². The lowest BCUT2D eigenvalue weighted by Crippen LogP contribution is -2.11. The average molecular weight is 478 g/mol. The van der Waals surface area contributed by atoms with E-state index in [4.69, 9.17) is 4.52 Å². The molecule has 1 atom stereocenters. The zero-order valence-electron chi connectivity index (χ0n) is 20.6. The molecule has 1 N–H and O–H groups in total. The first-order valence-electron chi connectivity index (χ1n) is 11.3. The van der Waals surface area contributed by atoms with Gasteiger partial charge in [0.15, 0.2) is 5.82 Å². The minimum Gasteiger partial charge on any atom is -0.353 e. The molecule has 10 heteroatoms. The van der Waals surface area contributed by atoms with Crippen LogP contribution in [0.3, 0.4) is 0 Å². The van der Waals surface area contributed by atoms with Gasteiger partial charge in [-0.15, -0.1) is 0 Å². The van der Waals surface area contributed by atoms with Gasteiger partial charge in [0.1, 0.15) is 12.1 Å². The van der Waals surface area contributed by atoms with Crippen LogP contribution in [-0.4, -0.2) is 35.7 Å². The highest BCUT2D eigenvalue weighted by Gasteiger charge is 2.24. The Bertz CT molecular complexity index is 1370. The summed E-state index contributed by atoms with van der Waals surface area (Å²) < 4.78 is 22.3. The number of ketones is 1. The molecule has 0 fully saturated rings. The van der Waals surface area contributed by atoms with E-state index in [0.29, 0.717) is 11.3 Å². The van der Waals surface area contributed by atoms with E-state index in [1.54, 1.807) is 43.2 Å². The van der Waals surface area contributed by atoms with Crippen LogP contribution in [0.4, 0.5) is 16.0 Å². The lowest BCUT2D eigenvalue weighted by atomic mass is 9.89. The molecule has 1 aromatic carbocycles. The first kappa shape index (κ1) is 24.2. The molecule has 0 bridgehead atoms. The maximum absolute atomic E-state index is 15.4. The molecule has 0 aliphatic carbocycles. The van der Waals surface area contributed by atoms with Crippen molar-refractivity contribution >= 4 is 17.4 Å². The molecule has 35 heavy (non-hydrogen) atoms. The van der Waals surface area contributed by atoms with Crippen LogP contribution in [0, 0.1) is 12.7 Å². The summed E-state index contributed by atoms with van der Waals surface area (Å²) >= 11 is 0. The standard InChI is InChI=1S/C25H28FN7O2/c1-14(9-19(34)20-10-21(32-35-20)25(3,4)5)17-7-8-18(22(26)15(17)2)23-27-13-28-24(31-23)30-16-11-29-33(6)12-16/h7-8,10-14H,9H2,1-6H3,(H,27,28,30,31)/t14-/m0/s1. The Balaban J connectivity index is 1.53. The van der Waals surface area contributed by atoms with E-state index in [1.165, 1.54) is 6.33 Å². The highest BCUT2D eigenvalue weighted by molar-refractivity contribution is 5.94. The number of anilines is 2. The molecule has 3 aromatic heterocycles. The summed E-state index contributed by atoms with van der Waals surface area (Å²) in [6.45, 7) is 9.58. The predicted octanol–water partition coefficient (Wildman–Crippen LogP) is 5.13. The number of aromatic nitrogens is 6. The van der Waals surface area contributed by atoms with Gasteiger partial charge in [-0.1, -0.05) is 38.9 Å². The topological polar surface area (TPSA) is 112 Å². The predicted molar refractivity (Wildman–Crippen MR) is 129 cm³/mol. The van der Waals surface area contributed by atoms with Crippen molar-refractivity contribution in [1.29, 1.82) is 0 Å². The molecule has 4 aromatic rings. The quantitative estimate of drug-likeness (QED) is 0.365. The Labute approximate surface area is 202 Å². The monoisotopic (exact) mass is 477 g/mol. The van der Waals surface area contributed by atoms with Gasteiger partial charge in [-0.05, 0) is 30.0 Å². The van der Waals surface area contributed by atoms with Gasteiger partial charge in [-0.2, -0.15) is 10.1 Å². The minimum absolute atomic E-state index is 0.170. The van der Waals surface area contributed by atoms with Gasteiger partial charge in [-0.3, -0.25) is 9.48 Å². The first-order chi connectivity index (χ1) is 16.5. The molecule has 9 nitrogen and oxygen atoms in total. The molecule has 0 aliphatic rings. The number of hydrogen-bond donors (Lipinski definition) is 1. The Hall–Kier alpha value is -3.95. The van der Waals surface area contributed by atoms with Gasteiger partial charge in [0.25, 0.3) is 0 Å². The Kier molecular flexibility index (Phi) is 6.47. The van der Waals surface area contributed by atoms with Crippen LogP contribution < -0.4 is 5.32 Å². The number of halogens is 1. The molecular weight excluding hydrogens is 449 g/mol. The molecule has 0 amide bonds. The molecule has 182 valence electrons. The fourth-order valence-electron chi connectivity index (χ4n) is 3.76. The van der Waals surface area contributed by atoms with E-state index >= 15 is 4.39 Å². The maximum Gasteiger partial charge on any atom is 0.230 e. The van der Waals surface area contributed by atoms with Crippen LogP contribution in [0.1, 0.15) is 67.4 Å². The molecule has 0 aliphatic heterocycles. The van der Waals surface area contributed by atoms with Gasteiger partial charge >= 0.3 is 0 Å². The van der Waals surface area contributed by atoms with Crippen molar-refractivity contribution in [2.75, 3.05) is 5.32 Å². The molecule has 3 heterocycles. The smallest absolute Gasteiger partial charge is 0.230 e. The number of Topliss-reactive ketones (excluding diaryl/α,β-unsaturated/α-hetero) is 1. The van der Waals surface area contributed by atoms with Crippen molar-refractivity contribution in [3.8, 4) is 11.4 Å². The van der Waals surface area contributed by atoms with Crippen molar-refractivity contribution in [2.45, 2.75) is 52.4 Å². The molecular formula is C25H28FN7O2. The number of rotatable bonds is 7. The van der Waals surface area contributed by atoms with Gasteiger partial charge in [0.05, 0.1) is 23.1 Å². The summed E-state index contributed by atoms with van der Waals surface area (Å²) in [4.78, 5) is 25.4. The van der Waals surface area contributed by atoms with E-state index in [-0.39, 0.29) is 46.6 Å². The van der Waals surface area contributed by atoms with Gasteiger partial charge in [-0.25, -0.2) is 14.4 Å². The second kappa shape index (κ2) is 9.36. The fourth-order valence-corrected chi connectivity index (χ4v) is 3.76. The molecule has 0 radical (unpaired) electrons. The normalized spacial score (nSPS) is 12.5. The summed E-state index contributed by atoms with van der Waals surface area (Å²) in [7, 11) is 1.80. The number of carbonyl (C=O) groups is 1. The highest BCUT2D eigenvalue weighted by Crippen LogP contribution is 2.31. The van der Waals surface area contributed by atoms with Gasteiger partial charge in [0, 0.05) is 31.1 Å². The molecule has 4 rings (SSSR count). The third-order valence-corrected chi connectivity index (χ3v) is 5.78. The Morgan fingerprint density at radius 3 is 2.69 bits per heavy atom. The maximum atomic E-state index is 15.4. The van der Waals surface area contributed by atoms with E-state index in [2.05, 4.69) is 30.5 Å². The summed E-state index contributed by atoms with van der Waals surface area (Å²) in [5.74, 6) is -0.128. The third kappa shape index (κ3) is 5.26. The van der Waals surface area contributed by atoms with Crippen LogP contribution in [0.5, 0.6) is 0 Å². The van der Waals surface area contributed by atoms with E-state index < -0.39 is 5.82 Å². The van der Waals surface area contributed by atoms with Crippen molar-refractivity contribution in [2.24, 2.45) is 7.05 Å². The molecule has 0 saturated carbocycles. The number of nitrogens with one attached hydrogen (secondary N) is 1. The van der Waals surface area contributed by atoms with E-state index in [9.17, 15) is 4.79 Å². The summed E-state index contributed by atoms with van der Waals surface area (Å²) in [5.41, 5.74) is 2.64. The average Bonchev–Trinajstić information content (AvgIpc) is 3.45. The molecule has 0 spiro atoms. The Morgan fingerprint density at radius 1 is 1.26 bits per heavy atom. The zero-order valence-corrected chi connectivity index (χ0v) is 20.6. The third-order valence-electron chi connectivity index (χ3n) is 5.78. The Morgan fingerprint density at radius 2 is 2.03 bits per heavy atom. The second-order valence-corrected chi connectivity index (χ2v) is 9.66. The van der Waals surface area contributed by atoms with Gasteiger partial charge < -0.3 is 9.84 Å². The van der Waals surface area contributed by atoms with Crippen LogP contribution >= 0.6 is 0 Å². The minimum atomic E-state index is -0.435. The zero-order chi connectivity index (χ0) is 25.3. The molecule has 0 unspecified atom stereocenters. The summed E-state index contributed by atoms with van der Waals surface area (Å²) in [5, 5.41) is 11.1. The molecule has 0 saturated heterocycles. The lowest BCUT2D eigenvalue weighted by molar-refractivity contribution is 0.0939. The van der Waals surface area contributed by atoms with E-state index in [0.717, 1.165) is 11.3 Å². The lowest BCUT2D eigenvalue weighted by Gasteiger charge is -2.16. The van der Waals surface area contributed by atoms with E-state index in [1.807, 2.05) is 33.8 Å². The number of nitrogens with zero attached hydrogens (tertiary/aromatic N) is 6. The summed E-state index contributed by atoms with van der Waals surface area (Å²) in [6, 6.07) is 5.13. The number of benzene rings is 1.